The third-order valence-corrected chi connectivity index (χ3v) is 8.88. The van der Waals surface area contributed by atoms with E-state index in [0.29, 0.717) is 39.9 Å². The van der Waals surface area contributed by atoms with Gasteiger partial charge in [0.25, 0.3) is 0 Å². The van der Waals surface area contributed by atoms with Crippen LogP contribution in [0, 0.1) is 0 Å². The number of ether oxygens (including phenoxy) is 6. The van der Waals surface area contributed by atoms with Crippen molar-refractivity contribution in [2.24, 2.45) is 0 Å². The van der Waals surface area contributed by atoms with Crippen molar-refractivity contribution in [3.63, 3.8) is 0 Å². The lowest BCUT2D eigenvalue weighted by molar-refractivity contribution is -0.209. The normalized spacial score (nSPS) is 14.9. The molecule has 7 nitrogen and oxygen atoms in total. The second-order valence-corrected chi connectivity index (χ2v) is 12.9. The molecule has 0 saturated carbocycles. The minimum Gasteiger partial charge on any atom is -0.489 e. The van der Waals surface area contributed by atoms with Crippen LogP contribution >= 0.6 is 0 Å². The van der Waals surface area contributed by atoms with Crippen molar-refractivity contribution < 1.29 is 46.4 Å². The van der Waals surface area contributed by atoms with Crippen molar-refractivity contribution in [3.8, 4) is 28.7 Å². The predicted molar refractivity (Wildman–Crippen MR) is 199 cm³/mol. The van der Waals surface area contributed by atoms with Gasteiger partial charge in [-0.1, -0.05) is 127 Å². The zero-order valence-corrected chi connectivity index (χ0v) is 29.6. The summed E-state index contributed by atoms with van der Waals surface area (Å²) in [5.41, 5.74) is 4.47. The molecule has 6 aromatic carbocycles. The average molecular weight is 747 g/mol. The van der Waals surface area contributed by atoms with E-state index in [4.69, 9.17) is 28.4 Å². The van der Waals surface area contributed by atoms with Gasteiger partial charge in [0.05, 0.1) is 0 Å². The van der Waals surface area contributed by atoms with Crippen molar-refractivity contribution in [1.29, 1.82) is 0 Å². The highest BCUT2D eigenvalue weighted by molar-refractivity contribution is 5.76. The van der Waals surface area contributed by atoms with Crippen molar-refractivity contribution in [2.75, 3.05) is 0 Å². The second kappa shape index (κ2) is 17.2. The van der Waals surface area contributed by atoms with Crippen LogP contribution in [0.15, 0.2) is 152 Å². The minimum absolute atomic E-state index is 0.141. The predicted octanol–water partition coefficient (Wildman–Crippen LogP) is 10.2. The molecule has 0 unspecified atom stereocenters. The summed E-state index contributed by atoms with van der Waals surface area (Å²) in [6.07, 6.45) is -7.94. The number of hydrogen-bond acceptors (Lipinski definition) is 7. The Hall–Kier alpha value is -6.42. The lowest BCUT2D eigenvalue weighted by Crippen LogP contribution is -2.38. The maximum atomic E-state index is 13.7. The van der Waals surface area contributed by atoms with E-state index < -0.39 is 24.4 Å². The molecule has 0 saturated heterocycles. The number of alkyl halides is 3. The van der Waals surface area contributed by atoms with Crippen molar-refractivity contribution in [3.05, 3.63) is 185 Å². The van der Waals surface area contributed by atoms with Crippen LogP contribution in [-0.4, -0.2) is 18.2 Å². The minimum atomic E-state index is -5.23. The Morgan fingerprint density at radius 2 is 1.04 bits per heavy atom. The van der Waals surface area contributed by atoms with Crippen LogP contribution in [0.1, 0.15) is 39.5 Å². The van der Waals surface area contributed by atoms with E-state index in [1.54, 1.807) is 30.3 Å². The molecule has 280 valence electrons. The van der Waals surface area contributed by atoms with Gasteiger partial charge in [0.2, 0.25) is 0 Å². The Kier molecular flexibility index (Phi) is 11.5. The maximum absolute atomic E-state index is 13.7. The van der Waals surface area contributed by atoms with Crippen LogP contribution in [0.3, 0.4) is 0 Å². The molecular weight excluding hydrogens is 709 g/mol. The fourth-order valence-corrected chi connectivity index (χ4v) is 6.11. The highest BCUT2D eigenvalue weighted by Gasteiger charge is 2.46. The number of rotatable bonds is 14. The Bertz CT molecular complexity index is 2160. The average Bonchev–Trinajstić information content (AvgIpc) is 3.21. The number of carbonyl (C=O) groups excluding carboxylic acids is 1. The van der Waals surface area contributed by atoms with Gasteiger partial charge in [-0.2, -0.15) is 13.2 Å². The highest BCUT2D eigenvalue weighted by Crippen LogP contribution is 2.45. The third kappa shape index (κ3) is 9.77. The van der Waals surface area contributed by atoms with Gasteiger partial charge in [-0.05, 0) is 34.4 Å². The van der Waals surface area contributed by atoms with Gasteiger partial charge >= 0.3 is 12.1 Å². The number of halogens is 3. The molecule has 55 heavy (non-hydrogen) atoms. The molecule has 0 fully saturated rings. The molecule has 1 aliphatic rings. The Labute approximate surface area is 316 Å². The highest BCUT2D eigenvalue weighted by atomic mass is 19.4. The fourth-order valence-electron chi connectivity index (χ4n) is 6.11. The topological polar surface area (TPSA) is 72.5 Å². The van der Waals surface area contributed by atoms with Gasteiger partial charge in [-0.15, -0.1) is 0 Å². The molecule has 0 N–H and O–H groups in total. The smallest absolute Gasteiger partial charge is 0.489 e. The van der Waals surface area contributed by atoms with Crippen LogP contribution in [-0.2, 0) is 42.4 Å². The molecule has 0 amide bonds. The first-order valence-electron chi connectivity index (χ1n) is 17.7. The van der Waals surface area contributed by atoms with Gasteiger partial charge in [-0.25, -0.2) is 4.79 Å². The molecule has 2 atom stereocenters. The molecule has 7 rings (SSSR count). The first kappa shape index (κ1) is 36.9. The zero-order chi connectivity index (χ0) is 38.0. The summed E-state index contributed by atoms with van der Waals surface area (Å²) in [7, 11) is 0. The molecule has 6 aromatic rings. The fraction of sp³-hybridized carbons (Fsp3) is 0.178. The molecule has 1 aliphatic heterocycles. The number of carbonyl (C=O) groups is 1. The van der Waals surface area contributed by atoms with Crippen molar-refractivity contribution in [1.82, 2.24) is 0 Å². The van der Waals surface area contributed by atoms with Gasteiger partial charge in [-0.3, -0.25) is 0 Å². The van der Waals surface area contributed by atoms with E-state index in [1.807, 2.05) is 121 Å². The van der Waals surface area contributed by atoms with E-state index in [-0.39, 0.29) is 32.8 Å². The van der Waals surface area contributed by atoms with E-state index in [1.165, 1.54) is 0 Å². The Morgan fingerprint density at radius 1 is 0.564 bits per heavy atom. The zero-order valence-electron chi connectivity index (χ0n) is 29.6. The van der Waals surface area contributed by atoms with Crippen LogP contribution < -0.4 is 23.7 Å². The van der Waals surface area contributed by atoms with Crippen molar-refractivity contribution in [2.45, 2.75) is 51.2 Å². The largest absolute Gasteiger partial charge is 0.490 e. The van der Waals surface area contributed by atoms with E-state index >= 15 is 0 Å². The van der Waals surface area contributed by atoms with E-state index in [2.05, 4.69) is 0 Å². The summed E-state index contributed by atoms with van der Waals surface area (Å²) < 4.78 is 77.7. The summed E-state index contributed by atoms with van der Waals surface area (Å²) >= 11 is 0. The maximum Gasteiger partial charge on any atom is 0.490 e. The number of fused-ring (bicyclic) bond motifs is 1. The van der Waals surface area contributed by atoms with Gasteiger partial charge in [0.15, 0.2) is 17.6 Å². The monoisotopic (exact) mass is 746 g/mol. The molecule has 0 bridgehead atoms. The third-order valence-electron chi connectivity index (χ3n) is 8.88. The summed E-state index contributed by atoms with van der Waals surface area (Å²) in [5.74, 6) is -0.517. The van der Waals surface area contributed by atoms with E-state index in [9.17, 15) is 18.0 Å². The second-order valence-electron chi connectivity index (χ2n) is 12.9. The summed E-state index contributed by atoms with van der Waals surface area (Å²) in [6.45, 7) is 0.855. The van der Waals surface area contributed by atoms with Gasteiger partial charge < -0.3 is 28.4 Å². The van der Waals surface area contributed by atoms with Crippen LogP contribution in [0.2, 0.25) is 0 Å². The lowest BCUT2D eigenvalue weighted by atomic mass is 9.93. The quantitative estimate of drug-likeness (QED) is 0.103. The van der Waals surface area contributed by atoms with E-state index in [0.717, 1.165) is 22.3 Å². The summed E-state index contributed by atoms with van der Waals surface area (Å²) in [4.78, 5) is 12.4. The van der Waals surface area contributed by atoms with Crippen molar-refractivity contribution >= 4 is 5.97 Å². The van der Waals surface area contributed by atoms with Crippen LogP contribution in [0.4, 0.5) is 13.2 Å². The van der Waals surface area contributed by atoms with Gasteiger partial charge in [0, 0.05) is 29.7 Å². The summed E-state index contributed by atoms with van der Waals surface area (Å²) in [6, 6.07) is 46.5. The first-order valence-corrected chi connectivity index (χ1v) is 17.7. The Morgan fingerprint density at radius 3 is 1.55 bits per heavy atom. The molecule has 10 heteroatoms. The molecule has 0 aromatic heterocycles. The molecular formula is C45H37F3O7. The molecule has 0 aliphatic carbocycles. The molecule has 0 spiro atoms. The standard InChI is InChI=1S/C45H37F3O7/c46-45(47,48)44(49)55-42-26-37-39(52-29-33-17-9-3-10-18-33)24-36(50-27-31-13-5-1-6-14-31)25-40(37)54-43(42)35-21-22-38(51-28-32-15-7-2-8-16-32)41(23-35)53-30-34-19-11-4-12-20-34/h1-25,42-43H,26-30H2/t42-,43+/m0/s1. The molecule has 0 radical (unpaired) electrons. The Balaban J connectivity index is 1.24. The SMILES string of the molecule is O=C(O[C@H]1Cc2c(OCc3ccccc3)cc(OCc3ccccc3)cc2O[C@@H]1c1ccc(OCc2ccccc2)c(OCc2ccccc2)c1)C(F)(F)F. The first-order chi connectivity index (χ1) is 26.8. The number of benzene rings is 6. The number of esters is 1. The molecule has 1 heterocycles. The summed E-state index contributed by atoms with van der Waals surface area (Å²) in [5, 5.41) is 0. The number of hydrogen-bond donors (Lipinski definition) is 0. The lowest BCUT2D eigenvalue weighted by Gasteiger charge is -2.35. The van der Waals surface area contributed by atoms with Crippen LogP contribution in [0.5, 0.6) is 28.7 Å². The van der Waals surface area contributed by atoms with Crippen LogP contribution in [0.25, 0.3) is 0 Å². The van der Waals surface area contributed by atoms with Gasteiger partial charge in [0.1, 0.15) is 49.8 Å².